The second-order valence-electron chi connectivity index (χ2n) is 7.64. The number of amides is 1. The molecule has 1 amide bonds. The zero-order chi connectivity index (χ0) is 22.2. The minimum Gasteiger partial charge on any atom is -0.368 e. The minimum atomic E-state index is -4.37. The number of rotatable bonds is 3. The van der Waals surface area contributed by atoms with Crippen LogP contribution in [0.15, 0.2) is 54.7 Å². The number of anilines is 1. The molecule has 0 aliphatic carbocycles. The maximum atomic E-state index is 13.2. The molecule has 1 saturated heterocycles. The Bertz CT molecular complexity index is 1080. The third-order valence-corrected chi connectivity index (χ3v) is 5.65. The molecule has 1 fully saturated rings. The Morgan fingerprint density at radius 3 is 2.35 bits per heavy atom. The van der Waals surface area contributed by atoms with E-state index in [1.54, 1.807) is 17.2 Å². The van der Waals surface area contributed by atoms with Gasteiger partial charge in [-0.3, -0.25) is 4.79 Å². The van der Waals surface area contributed by atoms with E-state index in [1.807, 2.05) is 47.6 Å². The molecular formula is C23H23F3N4O. The summed E-state index contributed by atoms with van der Waals surface area (Å²) in [6.45, 7) is 5.68. The molecule has 0 spiro atoms. The smallest absolute Gasteiger partial charge is 0.368 e. The molecule has 3 heterocycles. The highest BCUT2D eigenvalue weighted by Crippen LogP contribution is 2.32. The van der Waals surface area contributed by atoms with E-state index < -0.39 is 11.7 Å². The Labute approximate surface area is 178 Å². The highest BCUT2D eigenvalue weighted by Gasteiger charge is 2.31. The van der Waals surface area contributed by atoms with Gasteiger partial charge in [-0.1, -0.05) is 12.1 Å². The van der Waals surface area contributed by atoms with E-state index in [4.69, 9.17) is 0 Å². The number of hydrogen-bond donors (Lipinski definition) is 0. The third kappa shape index (κ3) is 4.15. The van der Waals surface area contributed by atoms with Crippen LogP contribution >= 0.6 is 0 Å². The van der Waals surface area contributed by atoms with Gasteiger partial charge in [0.2, 0.25) is 0 Å². The quantitative estimate of drug-likeness (QED) is 0.618. The van der Waals surface area contributed by atoms with Crippen LogP contribution in [0.5, 0.6) is 0 Å². The fraction of sp³-hybridized carbons (Fsp3) is 0.304. The van der Waals surface area contributed by atoms with Crippen LogP contribution in [0.4, 0.5) is 18.9 Å². The number of aromatic nitrogens is 2. The molecule has 0 atom stereocenters. The van der Waals surface area contributed by atoms with Gasteiger partial charge in [-0.2, -0.15) is 13.2 Å². The van der Waals surface area contributed by atoms with E-state index in [0.29, 0.717) is 37.4 Å². The molecule has 0 radical (unpaired) electrons. The van der Waals surface area contributed by atoms with Crippen molar-refractivity contribution in [2.75, 3.05) is 31.1 Å². The fourth-order valence-corrected chi connectivity index (χ4v) is 4.03. The van der Waals surface area contributed by atoms with Crippen molar-refractivity contribution in [3.63, 3.8) is 0 Å². The van der Waals surface area contributed by atoms with E-state index in [2.05, 4.69) is 4.98 Å². The van der Waals surface area contributed by atoms with Gasteiger partial charge < -0.3 is 14.4 Å². The first-order chi connectivity index (χ1) is 14.8. The lowest BCUT2D eigenvalue weighted by molar-refractivity contribution is -0.137. The SMILES string of the molecule is Cc1cc(C(=O)N2CCN(c3cccc(C(F)(F)F)c3)CC2)c(C)n1-c1ccccn1. The normalized spacial score (nSPS) is 14.7. The first-order valence-corrected chi connectivity index (χ1v) is 10.1. The lowest BCUT2D eigenvalue weighted by atomic mass is 10.1. The van der Waals surface area contributed by atoms with Crippen molar-refractivity contribution in [3.05, 3.63) is 77.2 Å². The summed E-state index contributed by atoms with van der Waals surface area (Å²) in [5.74, 6) is 0.685. The zero-order valence-electron chi connectivity index (χ0n) is 17.4. The summed E-state index contributed by atoms with van der Waals surface area (Å²) in [4.78, 5) is 21.2. The van der Waals surface area contributed by atoms with E-state index >= 15 is 0 Å². The van der Waals surface area contributed by atoms with Crippen LogP contribution in [0.1, 0.15) is 27.3 Å². The number of pyridine rings is 1. The molecule has 1 aliphatic heterocycles. The Morgan fingerprint density at radius 2 is 1.71 bits per heavy atom. The zero-order valence-corrected chi connectivity index (χ0v) is 17.4. The highest BCUT2D eigenvalue weighted by atomic mass is 19.4. The van der Waals surface area contributed by atoms with Crippen LogP contribution in [-0.2, 0) is 6.18 Å². The lowest BCUT2D eigenvalue weighted by Gasteiger charge is -2.36. The molecule has 2 aromatic heterocycles. The summed E-state index contributed by atoms with van der Waals surface area (Å²) in [7, 11) is 0. The number of carbonyl (C=O) groups excluding carboxylic acids is 1. The highest BCUT2D eigenvalue weighted by molar-refractivity contribution is 5.96. The second kappa shape index (κ2) is 8.09. The summed E-state index contributed by atoms with van der Waals surface area (Å²) in [5.41, 5.74) is 2.22. The molecule has 3 aromatic rings. The molecule has 1 aliphatic rings. The molecular weight excluding hydrogens is 405 g/mol. The van der Waals surface area contributed by atoms with Crippen LogP contribution < -0.4 is 4.90 Å². The molecule has 0 bridgehead atoms. The van der Waals surface area contributed by atoms with Gasteiger partial charge in [-0.25, -0.2) is 4.98 Å². The van der Waals surface area contributed by atoms with Crippen molar-refractivity contribution in [2.45, 2.75) is 20.0 Å². The van der Waals surface area contributed by atoms with Crippen molar-refractivity contribution in [2.24, 2.45) is 0 Å². The Kier molecular flexibility index (Phi) is 5.47. The summed E-state index contributed by atoms with van der Waals surface area (Å²) < 4.78 is 41.0. The lowest BCUT2D eigenvalue weighted by Crippen LogP contribution is -2.49. The standard InChI is InChI=1S/C23H23F3N4O/c1-16-14-20(17(2)30(16)21-8-3-4-9-27-21)22(31)29-12-10-28(11-13-29)19-7-5-6-18(15-19)23(24,25)26/h3-9,14-15H,10-13H2,1-2H3. The van der Waals surface area contributed by atoms with Crippen molar-refractivity contribution in [1.29, 1.82) is 0 Å². The predicted molar refractivity (Wildman–Crippen MR) is 113 cm³/mol. The number of aryl methyl sites for hydroxylation is 1. The topological polar surface area (TPSA) is 41.4 Å². The van der Waals surface area contributed by atoms with Crippen molar-refractivity contribution < 1.29 is 18.0 Å². The monoisotopic (exact) mass is 428 g/mol. The first-order valence-electron chi connectivity index (χ1n) is 10.1. The molecule has 31 heavy (non-hydrogen) atoms. The first kappa shape index (κ1) is 21.0. The summed E-state index contributed by atoms with van der Waals surface area (Å²) in [6.07, 6.45) is -2.66. The molecule has 8 heteroatoms. The van der Waals surface area contributed by atoms with Crippen molar-refractivity contribution in [1.82, 2.24) is 14.5 Å². The van der Waals surface area contributed by atoms with E-state index in [1.165, 1.54) is 6.07 Å². The minimum absolute atomic E-state index is 0.0704. The maximum Gasteiger partial charge on any atom is 0.416 e. The van der Waals surface area contributed by atoms with Crippen LogP contribution in [0.3, 0.4) is 0 Å². The number of benzene rings is 1. The van der Waals surface area contributed by atoms with Gasteiger partial charge >= 0.3 is 6.18 Å². The van der Waals surface area contributed by atoms with Gasteiger partial charge in [0.25, 0.3) is 5.91 Å². The largest absolute Gasteiger partial charge is 0.416 e. The van der Waals surface area contributed by atoms with Crippen LogP contribution in [-0.4, -0.2) is 46.5 Å². The number of hydrogen-bond acceptors (Lipinski definition) is 3. The number of carbonyl (C=O) groups is 1. The number of halogens is 3. The summed E-state index contributed by atoms with van der Waals surface area (Å²) in [5, 5.41) is 0. The maximum absolute atomic E-state index is 13.2. The van der Waals surface area contributed by atoms with Crippen molar-refractivity contribution >= 4 is 11.6 Å². The van der Waals surface area contributed by atoms with Gasteiger partial charge in [0.1, 0.15) is 5.82 Å². The Hall–Kier alpha value is -3.29. The van der Waals surface area contributed by atoms with E-state index in [0.717, 1.165) is 29.3 Å². The second-order valence-corrected chi connectivity index (χ2v) is 7.64. The van der Waals surface area contributed by atoms with Crippen LogP contribution in [0, 0.1) is 13.8 Å². The molecule has 0 N–H and O–H groups in total. The van der Waals surface area contributed by atoms with Crippen molar-refractivity contribution in [3.8, 4) is 5.82 Å². The van der Waals surface area contributed by atoms with Crippen LogP contribution in [0.2, 0.25) is 0 Å². The fourth-order valence-electron chi connectivity index (χ4n) is 4.03. The van der Waals surface area contributed by atoms with Gasteiger partial charge in [0.15, 0.2) is 0 Å². The molecule has 162 valence electrons. The molecule has 5 nitrogen and oxygen atoms in total. The molecule has 1 aromatic carbocycles. The van der Waals surface area contributed by atoms with E-state index in [9.17, 15) is 18.0 Å². The van der Waals surface area contributed by atoms with Gasteiger partial charge in [-0.05, 0) is 50.2 Å². The average Bonchev–Trinajstić information content (AvgIpc) is 3.07. The predicted octanol–water partition coefficient (Wildman–Crippen LogP) is 4.47. The van der Waals surface area contributed by atoms with Gasteiger partial charge in [-0.15, -0.1) is 0 Å². The number of piperazine rings is 1. The third-order valence-electron chi connectivity index (χ3n) is 5.65. The summed E-state index contributed by atoms with van der Waals surface area (Å²) in [6, 6.07) is 12.8. The van der Waals surface area contributed by atoms with Gasteiger partial charge in [0, 0.05) is 49.5 Å². The van der Waals surface area contributed by atoms with E-state index in [-0.39, 0.29) is 5.91 Å². The molecule has 4 rings (SSSR count). The molecule has 0 saturated carbocycles. The van der Waals surface area contributed by atoms with Gasteiger partial charge in [0.05, 0.1) is 11.1 Å². The Morgan fingerprint density at radius 1 is 0.968 bits per heavy atom. The Balaban J connectivity index is 1.48. The molecule has 0 unspecified atom stereocenters. The van der Waals surface area contributed by atoms with Crippen LogP contribution in [0.25, 0.3) is 5.82 Å². The number of nitrogens with zero attached hydrogens (tertiary/aromatic N) is 4. The average molecular weight is 428 g/mol. The number of alkyl halides is 3. The summed E-state index contributed by atoms with van der Waals surface area (Å²) >= 11 is 0.